The maximum Gasteiger partial charge on any atom is 0.115 e. The molecule has 5 heteroatoms. The Kier molecular flexibility index (Phi) is 5.64. The second-order valence-electron chi connectivity index (χ2n) is 5.17. The van der Waals surface area contributed by atoms with Gasteiger partial charge in [0.2, 0.25) is 0 Å². The van der Waals surface area contributed by atoms with Gasteiger partial charge in [-0.2, -0.15) is 0 Å². The van der Waals surface area contributed by atoms with Crippen LogP contribution in [0.4, 0.5) is 0 Å². The van der Waals surface area contributed by atoms with Crippen molar-refractivity contribution in [2.75, 3.05) is 0 Å². The van der Waals surface area contributed by atoms with Gasteiger partial charge in [0.15, 0.2) is 0 Å². The highest BCUT2D eigenvalue weighted by atomic mass is 127. The monoisotopic (exact) mass is 397 g/mol. The fourth-order valence-corrected chi connectivity index (χ4v) is 3.42. The largest absolute Gasteiger partial charge is 0.308 e. The lowest BCUT2D eigenvalue weighted by Crippen LogP contribution is -2.10. The first-order valence-electron chi connectivity index (χ1n) is 7.09. The normalized spacial score (nSPS) is 14.0. The molecule has 0 aliphatic carbocycles. The van der Waals surface area contributed by atoms with Gasteiger partial charge in [-0.15, -0.1) is 0 Å². The van der Waals surface area contributed by atoms with E-state index in [0.717, 1.165) is 17.8 Å². The number of aryl methyl sites for hydroxylation is 2. The standard InChI is InChI=1S/C16H20IN3O/c1-5-15(21-17)13-6-7-18-8-14(13)10(2)16-11(3)19-9-20-12(16)4/h6-10,15H,5H2,1-4H3. The van der Waals surface area contributed by atoms with E-state index in [0.29, 0.717) is 0 Å². The van der Waals surface area contributed by atoms with E-state index in [9.17, 15) is 0 Å². The second kappa shape index (κ2) is 7.26. The molecule has 0 spiro atoms. The summed E-state index contributed by atoms with van der Waals surface area (Å²) < 4.78 is 5.58. The minimum Gasteiger partial charge on any atom is -0.308 e. The van der Waals surface area contributed by atoms with Crippen LogP contribution >= 0.6 is 23.0 Å². The summed E-state index contributed by atoms with van der Waals surface area (Å²) in [6.45, 7) is 8.37. The summed E-state index contributed by atoms with van der Waals surface area (Å²) in [5.41, 5.74) is 5.59. The highest BCUT2D eigenvalue weighted by molar-refractivity contribution is 14.1. The lowest BCUT2D eigenvalue weighted by atomic mass is 9.87. The first-order chi connectivity index (χ1) is 10.1. The Bertz CT molecular complexity index is 594. The van der Waals surface area contributed by atoms with Crippen LogP contribution in [0.15, 0.2) is 24.8 Å². The van der Waals surface area contributed by atoms with Crippen molar-refractivity contribution in [3.05, 3.63) is 52.9 Å². The van der Waals surface area contributed by atoms with Gasteiger partial charge in [-0.05, 0) is 37.5 Å². The molecule has 112 valence electrons. The molecule has 0 amide bonds. The van der Waals surface area contributed by atoms with Crippen LogP contribution in [0.5, 0.6) is 0 Å². The molecule has 0 saturated heterocycles. The Labute approximate surface area is 140 Å². The lowest BCUT2D eigenvalue weighted by Gasteiger charge is -2.22. The molecule has 0 fully saturated rings. The van der Waals surface area contributed by atoms with Crippen molar-refractivity contribution in [2.24, 2.45) is 0 Å². The number of nitrogens with zero attached hydrogens (tertiary/aromatic N) is 3. The molecule has 0 aliphatic heterocycles. The zero-order valence-electron chi connectivity index (χ0n) is 12.8. The van der Waals surface area contributed by atoms with E-state index >= 15 is 0 Å². The molecule has 0 saturated carbocycles. The van der Waals surface area contributed by atoms with E-state index in [2.05, 4.69) is 28.8 Å². The maximum atomic E-state index is 5.58. The van der Waals surface area contributed by atoms with Crippen molar-refractivity contribution in [1.82, 2.24) is 15.0 Å². The zero-order chi connectivity index (χ0) is 15.4. The van der Waals surface area contributed by atoms with Gasteiger partial charge in [-0.25, -0.2) is 9.97 Å². The quantitative estimate of drug-likeness (QED) is 0.700. The van der Waals surface area contributed by atoms with Gasteiger partial charge in [0.1, 0.15) is 29.3 Å². The molecular formula is C16H20IN3O. The fourth-order valence-electron chi connectivity index (χ4n) is 2.79. The first-order valence-corrected chi connectivity index (χ1v) is 7.97. The summed E-state index contributed by atoms with van der Waals surface area (Å²) in [7, 11) is 0. The Morgan fingerprint density at radius 3 is 2.43 bits per heavy atom. The maximum absolute atomic E-state index is 5.58. The Balaban J connectivity index is 2.51. The zero-order valence-corrected chi connectivity index (χ0v) is 15.0. The Hall–Kier alpha value is -1.08. The topological polar surface area (TPSA) is 47.9 Å². The molecule has 0 N–H and O–H groups in total. The molecule has 2 aromatic rings. The number of halogens is 1. The predicted molar refractivity (Wildman–Crippen MR) is 91.4 cm³/mol. The third-order valence-corrected chi connectivity index (χ3v) is 4.51. The number of hydrogen-bond acceptors (Lipinski definition) is 4. The van der Waals surface area contributed by atoms with Crippen LogP contribution in [0.25, 0.3) is 0 Å². The highest BCUT2D eigenvalue weighted by Crippen LogP contribution is 2.34. The predicted octanol–water partition coefficient (Wildman–Crippen LogP) is 4.46. The molecule has 0 bridgehead atoms. The molecule has 2 aromatic heterocycles. The molecule has 2 heterocycles. The van der Waals surface area contributed by atoms with Gasteiger partial charge >= 0.3 is 0 Å². The van der Waals surface area contributed by atoms with Gasteiger partial charge in [0.25, 0.3) is 0 Å². The summed E-state index contributed by atoms with van der Waals surface area (Å²) >= 11 is 1.98. The molecule has 0 aromatic carbocycles. The average Bonchev–Trinajstić information content (AvgIpc) is 2.48. The molecule has 2 unspecified atom stereocenters. The van der Waals surface area contributed by atoms with Crippen molar-refractivity contribution in [2.45, 2.75) is 46.1 Å². The van der Waals surface area contributed by atoms with Gasteiger partial charge < -0.3 is 3.07 Å². The van der Waals surface area contributed by atoms with Crippen LogP contribution in [0.3, 0.4) is 0 Å². The molecule has 0 aliphatic rings. The summed E-state index contributed by atoms with van der Waals surface area (Å²) in [6, 6.07) is 2.05. The van der Waals surface area contributed by atoms with Crippen molar-refractivity contribution in [3.8, 4) is 0 Å². The van der Waals surface area contributed by atoms with E-state index < -0.39 is 0 Å². The first kappa shape index (κ1) is 16.3. The van der Waals surface area contributed by atoms with E-state index in [1.165, 1.54) is 16.7 Å². The molecule has 2 rings (SSSR count). The highest BCUT2D eigenvalue weighted by Gasteiger charge is 2.21. The summed E-state index contributed by atoms with van der Waals surface area (Å²) in [6.07, 6.45) is 6.38. The number of pyridine rings is 1. The van der Waals surface area contributed by atoms with Crippen molar-refractivity contribution < 1.29 is 3.07 Å². The van der Waals surface area contributed by atoms with Gasteiger partial charge in [0, 0.05) is 35.3 Å². The van der Waals surface area contributed by atoms with Gasteiger partial charge in [-0.1, -0.05) is 13.8 Å². The minimum absolute atomic E-state index is 0.0799. The molecule has 4 nitrogen and oxygen atoms in total. The third-order valence-electron chi connectivity index (χ3n) is 3.89. The summed E-state index contributed by atoms with van der Waals surface area (Å²) in [5.74, 6) is 0.190. The number of hydrogen-bond donors (Lipinski definition) is 0. The van der Waals surface area contributed by atoms with Crippen LogP contribution in [-0.2, 0) is 3.07 Å². The van der Waals surface area contributed by atoms with Gasteiger partial charge in [0.05, 0.1) is 6.10 Å². The van der Waals surface area contributed by atoms with Crippen molar-refractivity contribution in [1.29, 1.82) is 0 Å². The van der Waals surface area contributed by atoms with Crippen LogP contribution in [0.1, 0.15) is 60.4 Å². The lowest BCUT2D eigenvalue weighted by molar-refractivity contribution is 0.281. The van der Waals surface area contributed by atoms with Crippen LogP contribution in [-0.4, -0.2) is 15.0 Å². The van der Waals surface area contributed by atoms with E-state index in [1.807, 2.05) is 55.3 Å². The SMILES string of the molecule is CCC(OI)c1ccncc1C(C)c1c(C)ncnc1C. The third kappa shape index (κ3) is 3.40. The van der Waals surface area contributed by atoms with Crippen molar-refractivity contribution in [3.63, 3.8) is 0 Å². The molecular weight excluding hydrogens is 377 g/mol. The number of aromatic nitrogens is 3. The molecule has 0 radical (unpaired) electrons. The summed E-state index contributed by atoms with van der Waals surface area (Å²) in [5, 5.41) is 0. The van der Waals surface area contributed by atoms with Crippen LogP contribution in [0, 0.1) is 13.8 Å². The van der Waals surface area contributed by atoms with E-state index in [-0.39, 0.29) is 12.0 Å². The Morgan fingerprint density at radius 1 is 1.19 bits per heavy atom. The fraction of sp³-hybridized carbons (Fsp3) is 0.438. The van der Waals surface area contributed by atoms with E-state index in [1.54, 1.807) is 6.33 Å². The molecule has 21 heavy (non-hydrogen) atoms. The molecule has 2 atom stereocenters. The van der Waals surface area contributed by atoms with Crippen LogP contribution < -0.4 is 0 Å². The van der Waals surface area contributed by atoms with Crippen LogP contribution in [0.2, 0.25) is 0 Å². The van der Waals surface area contributed by atoms with Gasteiger partial charge in [-0.3, -0.25) is 4.98 Å². The van der Waals surface area contributed by atoms with E-state index in [4.69, 9.17) is 3.07 Å². The summed E-state index contributed by atoms with van der Waals surface area (Å²) in [4.78, 5) is 13.0. The van der Waals surface area contributed by atoms with Crippen molar-refractivity contribution >= 4 is 23.0 Å². The second-order valence-corrected chi connectivity index (χ2v) is 5.68. The smallest absolute Gasteiger partial charge is 0.115 e. The minimum atomic E-state index is 0.0799. The Morgan fingerprint density at radius 2 is 1.86 bits per heavy atom. The number of rotatable bonds is 5. The average molecular weight is 397 g/mol.